The highest BCUT2D eigenvalue weighted by molar-refractivity contribution is 5.28. The Morgan fingerprint density at radius 1 is 1.12 bits per heavy atom. The second kappa shape index (κ2) is 4.72. The molecule has 0 aromatic heterocycles. The Bertz CT molecular complexity index is 634. The molecular weight excluding hydrogens is 310 g/mol. The lowest BCUT2D eigenvalue weighted by Gasteiger charge is -2.73. The van der Waals surface area contributed by atoms with Crippen LogP contribution in [0.3, 0.4) is 0 Å². The van der Waals surface area contributed by atoms with Gasteiger partial charge in [0.05, 0.1) is 12.7 Å². The summed E-state index contributed by atoms with van der Waals surface area (Å²) >= 11 is 0. The van der Waals surface area contributed by atoms with E-state index in [4.69, 9.17) is 4.74 Å². The van der Waals surface area contributed by atoms with E-state index in [-0.39, 0.29) is 11.5 Å². The summed E-state index contributed by atoms with van der Waals surface area (Å²) in [6.45, 7) is 10.1. The summed E-state index contributed by atoms with van der Waals surface area (Å²) in [6, 6.07) is 0. The molecule has 8 atom stereocenters. The highest BCUT2D eigenvalue weighted by Gasteiger charge is 2.71. The Morgan fingerprint density at radius 3 is 2.84 bits per heavy atom. The van der Waals surface area contributed by atoms with Gasteiger partial charge in [-0.2, -0.15) is 0 Å². The molecule has 0 amide bonds. The first kappa shape index (κ1) is 15.7. The molecule has 3 nitrogen and oxygen atoms in total. The van der Waals surface area contributed by atoms with Gasteiger partial charge in [-0.3, -0.25) is 4.90 Å². The second-order valence-corrected chi connectivity index (χ2v) is 10.6. The maximum Gasteiger partial charge on any atom is 0.116 e. The van der Waals surface area contributed by atoms with Gasteiger partial charge in [-0.05, 0) is 73.7 Å². The zero-order chi connectivity index (χ0) is 17.0. The third kappa shape index (κ3) is 1.62. The Labute approximate surface area is 151 Å². The van der Waals surface area contributed by atoms with Crippen molar-refractivity contribution >= 4 is 0 Å². The standard InChI is InChI=1S/C22H33NO2/c1-14-15-4-8-21(18(14)24)9-5-16-20(2)6-3-7-22(16,17(21)12-15)13-23-10-11-25-19(20)23/h15-19,24H,1,3-13H2,2H3/t15?,16-,17-,18+,19+,20-,21+,22+/m1/s1. The number of aliphatic hydroxyl groups is 1. The summed E-state index contributed by atoms with van der Waals surface area (Å²) in [5.41, 5.74) is 2.07. The van der Waals surface area contributed by atoms with Gasteiger partial charge in [-0.15, -0.1) is 0 Å². The first-order chi connectivity index (χ1) is 12.0. The van der Waals surface area contributed by atoms with Crippen LogP contribution in [0.25, 0.3) is 0 Å². The zero-order valence-electron chi connectivity index (χ0n) is 15.7. The molecule has 25 heavy (non-hydrogen) atoms. The van der Waals surface area contributed by atoms with Gasteiger partial charge in [0.25, 0.3) is 0 Å². The molecule has 0 aromatic rings. The van der Waals surface area contributed by atoms with Crippen molar-refractivity contribution in [2.24, 2.45) is 34.0 Å². The molecule has 2 aliphatic heterocycles. The topological polar surface area (TPSA) is 32.7 Å². The number of nitrogens with zero attached hydrogens (tertiary/aromatic N) is 1. The number of aliphatic hydroxyl groups excluding tert-OH is 1. The quantitative estimate of drug-likeness (QED) is 0.683. The van der Waals surface area contributed by atoms with Gasteiger partial charge in [0.1, 0.15) is 6.23 Å². The predicted octanol–water partition coefficient (Wildman–Crippen LogP) is 3.58. The van der Waals surface area contributed by atoms with E-state index in [0.717, 1.165) is 19.1 Å². The molecule has 0 radical (unpaired) electrons. The number of ether oxygens (including phenoxy) is 1. The third-order valence-corrected chi connectivity index (χ3v) is 10.1. The lowest BCUT2D eigenvalue weighted by atomic mass is 9.34. The summed E-state index contributed by atoms with van der Waals surface area (Å²) in [5.74, 6) is 2.08. The van der Waals surface area contributed by atoms with E-state index in [1.165, 1.54) is 63.5 Å². The smallest absolute Gasteiger partial charge is 0.116 e. The molecule has 138 valence electrons. The number of hydrogen-bond acceptors (Lipinski definition) is 3. The first-order valence-corrected chi connectivity index (χ1v) is 10.7. The SMILES string of the molecule is C=C1C2CC[C@@]3(CC[C@@H]4[C@@]5(C)CCC[C@@]4(CN4CCO[C@H]45)[C@@H]3C2)[C@H]1O. The lowest BCUT2D eigenvalue weighted by molar-refractivity contribution is -0.273. The van der Waals surface area contributed by atoms with E-state index >= 15 is 0 Å². The molecule has 5 saturated carbocycles. The van der Waals surface area contributed by atoms with Crippen LogP contribution >= 0.6 is 0 Å². The molecule has 2 heterocycles. The van der Waals surface area contributed by atoms with Crippen LogP contribution in [0, 0.1) is 34.0 Å². The van der Waals surface area contributed by atoms with Crippen molar-refractivity contribution in [1.82, 2.24) is 4.90 Å². The molecule has 5 aliphatic carbocycles. The van der Waals surface area contributed by atoms with E-state index in [2.05, 4.69) is 18.4 Å². The van der Waals surface area contributed by atoms with Gasteiger partial charge in [-0.1, -0.05) is 19.9 Å². The van der Waals surface area contributed by atoms with Crippen LogP contribution in [0.1, 0.15) is 58.3 Å². The lowest BCUT2D eigenvalue weighted by Crippen LogP contribution is -2.72. The normalized spacial score (nSPS) is 60.1. The van der Waals surface area contributed by atoms with Gasteiger partial charge in [0.15, 0.2) is 0 Å². The number of fused-ring (bicyclic) bond motifs is 4. The van der Waals surface area contributed by atoms with Crippen molar-refractivity contribution in [3.63, 3.8) is 0 Å². The first-order valence-electron chi connectivity index (χ1n) is 10.7. The fraction of sp³-hybridized carbons (Fsp3) is 0.909. The van der Waals surface area contributed by atoms with Crippen LogP contribution in [-0.2, 0) is 4.74 Å². The van der Waals surface area contributed by atoms with Crippen molar-refractivity contribution in [3.8, 4) is 0 Å². The fourth-order valence-corrected chi connectivity index (χ4v) is 9.25. The fourth-order valence-electron chi connectivity index (χ4n) is 9.25. The Kier molecular flexibility index (Phi) is 2.95. The minimum Gasteiger partial charge on any atom is -0.388 e. The third-order valence-electron chi connectivity index (χ3n) is 10.1. The van der Waals surface area contributed by atoms with Gasteiger partial charge in [0.2, 0.25) is 0 Å². The molecular formula is C22H33NO2. The summed E-state index contributed by atoms with van der Waals surface area (Å²) in [4.78, 5) is 2.69. The maximum atomic E-state index is 11.3. The Balaban J connectivity index is 1.49. The molecule has 7 aliphatic rings. The van der Waals surface area contributed by atoms with Gasteiger partial charge in [0, 0.05) is 23.9 Å². The second-order valence-electron chi connectivity index (χ2n) is 10.6. The van der Waals surface area contributed by atoms with Gasteiger partial charge >= 0.3 is 0 Å². The largest absolute Gasteiger partial charge is 0.388 e. The molecule has 0 aromatic carbocycles. The molecule has 3 heteroatoms. The highest BCUT2D eigenvalue weighted by Crippen LogP contribution is 2.74. The van der Waals surface area contributed by atoms with Gasteiger partial charge < -0.3 is 9.84 Å². The van der Waals surface area contributed by atoms with Crippen LogP contribution in [0.4, 0.5) is 0 Å². The van der Waals surface area contributed by atoms with Crippen LogP contribution in [0.2, 0.25) is 0 Å². The van der Waals surface area contributed by atoms with E-state index < -0.39 is 0 Å². The summed E-state index contributed by atoms with van der Waals surface area (Å²) < 4.78 is 6.29. The van der Waals surface area contributed by atoms with E-state index in [1.54, 1.807) is 0 Å². The van der Waals surface area contributed by atoms with Crippen molar-refractivity contribution in [2.45, 2.75) is 70.6 Å². The maximum absolute atomic E-state index is 11.3. The number of hydrogen-bond donors (Lipinski definition) is 1. The van der Waals surface area contributed by atoms with Crippen LogP contribution in [-0.4, -0.2) is 42.0 Å². The van der Waals surface area contributed by atoms with E-state index in [1.807, 2.05) is 0 Å². The number of rotatable bonds is 0. The number of piperidine rings is 1. The predicted molar refractivity (Wildman–Crippen MR) is 96.8 cm³/mol. The summed E-state index contributed by atoms with van der Waals surface area (Å²) in [5, 5.41) is 11.3. The Morgan fingerprint density at radius 2 is 1.96 bits per heavy atom. The highest BCUT2D eigenvalue weighted by atomic mass is 16.5. The van der Waals surface area contributed by atoms with Crippen LogP contribution in [0.5, 0.6) is 0 Å². The average molecular weight is 344 g/mol. The molecule has 1 spiro atoms. The average Bonchev–Trinajstić information content (AvgIpc) is 3.07. The minimum atomic E-state index is -0.235. The summed E-state index contributed by atoms with van der Waals surface area (Å²) in [6.07, 6.45) is 10.6. The van der Waals surface area contributed by atoms with Gasteiger partial charge in [-0.25, -0.2) is 0 Å². The van der Waals surface area contributed by atoms with Crippen molar-refractivity contribution in [3.05, 3.63) is 12.2 Å². The molecule has 7 fully saturated rings. The van der Waals surface area contributed by atoms with E-state index in [0.29, 0.717) is 28.9 Å². The molecule has 7 rings (SSSR count). The summed E-state index contributed by atoms with van der Waals surface area (Å²) in [7, 11) is 0. The monoisotopic (exact) mass is 343 g/mol. The molecule has 1 unspecified atom stereocenters. The molecule has 2 saturated heterocycles. The molecule has 4 bridgehead atoms. The van der Waals surface area contributed by atoms with Crippen molar-refractivity contribution < 1.29 is 9.84 Å². The van der Waals surface area contributed by atoms with Crippen molar-refractivity contribution in [2.75, 3.05) is 19.7 Å². The Hall–Kier alpha value is -0.380. The van der Waals surface area contributed by atoms with Crippen LogP contribution < -0.4 is 0 Å². The van der Waals surface area contributed by atoms with Crippen LogP contribution in [0.15, 0.2) is 12.2 Å². The minimum absolute atomic E-state index is 0.147. The van der Waals surface area contributed by atoms with E-state index in [9.17, 15) is 5.11 Å². The zero-order valence-corrected chi connectivity index (χ0v) is 15.7. The van der Waals surface area contributed by atoms with Crippen molar-refractivity contribution in [1.29, 1.82) is 0 Å². The molecule has 1 N–H and O–H groups in total.